The number of aromatic amines is 1. The number of carbonyl (C=O) groups excluding carboxylic acids is 1. The van der Waals surface area contributed by atoms with Crippen molar-refractivity contribution in [3.63, 3.8) is 0 Å². The number of nitrogens with one attached hydrogen (secondary N) is 2. The summed E-state index contributed by atoms with van der Waals surface area (Å²) in [4.78, 5) is 26.7. The molecule has 0 saturated carbocycles. The lowest BCUT2D eigenvalue weighted by molar-refractivity contribution is 0.0696. The topological polar surface area (TPSA) is 113 Å². The van der Waals surface area contributed by atoms with Crippen molar-refractivity contribution in [2.45, 2.75) is 130 Å². The van der Waals surface area contributed by atoms with Gasteiger partial charge in [-0.1, -0.05) is 61.8 Å². The zero-order valence-electron chi connectivity index (χ0n) is 30.7. The normalized spacial score (nSPS) is 19.5. The summed E-state index contributed by atoms with van der Waals surface area (Å²) in [5, 5.41) is 15.5. The second-order valence-corrected chi connectivity index (χ2v) is 21.0. The van der Waals surface area contributed by atoms with Gasteiger partial charge in [0.25, 0.3) is 0 Å². The van der Waals surface area contributed by atoms with Gasteiger partial charge in [-0.05, 0) is 116 Å². The number of rotatable bonds is 9. The number of aryl methyl sites for hydroxylation is 1. The predicted molar refractivity (Wildman–Crippen MR) is 202 cm³/mol. The zero-order chi connectivity index (χ0) is 35.1. The summed E-state index contributed by atoms with van der Waals surface area (Å²) in [5.41, 5.74) is 17.4. The number of carbonyl (C=O) groups is 2. The first-order valence-corrected chi connectivity index (χ1v) is 20.5. The number of carboxylic acids is 1. The van der Waals surface area contributed by atoms with E-state index in [2.05, 4.69) is 76.0 Å². The molecule has 48 heavy (non-hydrogen) atoms. The van der Waals surface area contributed by atoms with Gasteiger partial charge in [0, 0.05) is 50.8 Å². The van der Waals surface area contributed by atoms with E-state index in [1.807, 2.05) is 24.3 Å². The van der Waals surface area contributed by atoms with E-state index >= 15 is 0 Å². The summed E-state index contributed by atoms with van der Waals surface area (Å²) in [7, 11) is -2.02. The number of nitrogens with two attached hydrogens (primary N) is 1. The number of aromatic carboxylic acids is 1. The van der Waals surface area contributed by atoms with Crippen LogP contribution in [0.3, 0.4) is 0 Å². The first-order chi connectivity index (χ1) is 22.8. The van der Waals surface area contributed by atoms with Crippen LogP contribution in [-0.2, 0) is 19.3 Å². The molecule has 0 radical (unpaired) electrons. The van der Waals surface area contributed by atoms with Crippen molar-refractivity contribution in [1.82, 2.24) is 14.5 Å². The number of ketones is 1. The molecule has 3 unspecified atom stereocenters. The Morgan fingerprint density at radius 1 is 0.958 bits per heavy atom. The summed E-state index contributed by atoms with van der Waals surface area (Å²) in [6, 6.07) is 12.3. The highest BCUT2D eigenvalue weighted by atomic mass is 28.3. The van der Waals surface area contributed by atoms with Crippen LogP contribution in [0.15, 0.2) is 36.4 Å². The lowest BCUT2D eigenvalue weighted by Gasteiger charge is -2.47. The third-order valence-electron chi connectivity index (χ3n) is 11.6. The van der Waals surface area contributed by atoms with Crippen LogP contribution in [0.2, 0.25) is 16.6 Å². The van der Waals surface area contributed by atoms with Crippen LogP contribution in [0, 0.1) is 5.92 Å². The lowest BCUT2D eigenvalue weighted by Crippen LogP contribution is -2.53. The summed E-state index contributed by atoms with van der Waals surface area (Å²) in [5.74, 6) is -0.158. The second-order valence-electron chi connectivity index (χ2n) is 15.3. The van der Waals surface area contributed by atoms with Gasteiger partial charge < -0.3 is 25.4 Å². The van der Waals surface area contributed by atoms with E-state index < -0.39 is 14.2 Å². The minimum atomic E-state index is -2.02. The van der Waals surface area contributed by atoms with Crippen molar-refractivity contribution >= 4 is 41.8 Å². The van der Waals surface area contributed by atoms with Gasteiger partial charge in [0.05, 0.1) is 5.56 Å². The molecule has 2 aliphatic carbocycles. The Hall–Kier alpha value is -3.20. The van der Waals surface area contributed by atoms with Gasteiger partial charge >= 0.3 is 5.97 Å². The Bertz CT molecular complexity index is 1780. The van der Waals surface area contributed by atoms with E-state index in [0.29, 0.717) is 34.1 Å². The number of fused-ring (bicyclic) bond motifs is 6. The van der Waals surface area contributed by atoms with Gasteiger partial charge in [0.15, 0.2) is 14.0 Å². The SMILES string of the molecule is CCC1Cc2c(n([Si](C(C)C)(C(C)C)C(C)C)c3ccc(C(=O)O)cc23)C(N)C1.CCNC1CCc2[nH]c3ccc(C(C)=O)cc3c2C1. The number of H-pyrrole nitrogens is 1. The number of nitrogens with zero attached hydrogens (tertiary/aromatic N) is 1. The first kappa shape index (κ1) is 36.1. The van der Waals surface area contributed by atoms with Crippen LogP contribution in [-0.4, -0.2) is 46.9 Å². The van der Waals surface area contributed by atoms with Crippen molar-refractivity contribution in [1.29, 1.82) is 0 Å². The molecule has 2 aromatic heterocycles. The first-order valence-electron chi connectivity index (χ1n) is 18.3. The molecular formula is C40H58N4O3Si. The molecule has 6 rings (SSSR count). The number of hydrogen-bond acceptors (Lipinski definition) is 4. The Labute approximate surface area is 288 Å². The smallest absolute Gasteiger partial charge is 0.335 e. The highest BCUT2D eigenvalue weighted by molar-refractivity contribution is 6.82. The van der Waals surface area contributed by atoms with E-state index in [0.717, 1.165) is 55.1 Å². The van der Waals surface area contributed by atoms with Crippen molar-refractivity contribution in [3.8, 4) is 0 Å². The Balaban J connectivity index is 0.000000204. The zero-order valence-corrected chi connectivity index (χ0v) is 31.7. The third-order valence-corrected chi connectivity index (χ3v) is 18.4. The Kier molecular flexibility index (Phi) is 10.8. The van der Waals surface area contributed by atoms with Crippen LogP contribution >= 0.6 is 0 Å². The van der Waals surface area contributed by atoms with Crippen LogP contribution < -0.4 is 11.1 Å². The fraction of sp³-hybridized carbons (Fsp3) is 0.550. The second kappa shape index (κ2) is 14.3. The van der Waals surface area contributed by atoms with E-state index in [-0.39, 0.29) is 11.8 Å². The molecule has 2 aliphatic rings. The van der Waals surface area contributed by atoms with Gasteiger partial charge in [-0.25, -0.2) is 4.79 Å². The standard InChI is InChI=1S/C24H38N2O2Si.C16H20N2O/c1-8-17-11-20-19-13-18(24(27)28)9-10-22(19)26(23(20)21(25)12-17)29(14(2)3,15(4)5)16(6)7;1-3-17-12-5-7-16-14(9-12)13-8-11(10(2)19)4-6-15(13)18-16/h9-10,13-17,21H,8,11-12,25H2,1-7H3,(H,27,28);4,6,8,12,17-18H,3,5,7,9H2,1-2H3. The van der Waals surface area contributed by atoms with Crippen molar-refractivity contribution in [3.05, 3.63) is 70.0 Å². The van der Waals surface area contributed by atoms with Crippen molar-refractivity contribution in [2.75, 3.05) is 6.54 Å². The fourth-order valence-electron chi connectivity index (χ4n) is 9.56. The quantitative estimate of drug-likeness (QED) is 0.105. The summed E-state index contributed by atoms with van der Waals surface area (Å²) >= 11 is 0. The Morgan fingerprint density at radius 2 is 1.60 bits per heavy atom. The minimum absolute atomic E-state index is 0.0208. The average molecular weight is 671 g/mol. The van der Waals surface area contributed by atoms with Gasteiger partial charge in [-0.3, -0.25) is 4.79 Å². The highest BCUT2D eigenvalue weighted by Crippen LogP contribution is 2.49. The summed E-state index contributed by atoms with van der Waals surface area (Å²) < 4.78 is 2.68. The lowest BCUT2D eigenvalue weighted by atomic mass is 9.82. The maximum absolute atomic E-state index is 11.7. The van der Waals surface area contributed by atoms with Crippen LogP contribution in [0.5, 0.6) is 0 Å². The van der Waals surface area contributed by atoms with Gasteiger partial charge in [-0.2, -0.15) is 0 Å². The number of Topliss-reactive ketones (excluding diaryl/α,β-unsaturated/α-hetero) is 1. The molecule has 0 saturated heterocycles. The molecule has 2 heterocycles. The molecule has 4 aromatic rings. The number of likely N-dealkylation sites (N-methyl/N-ethyl adjacent to an activating group) is 1. The average Bonchev–Trinajstić information content (AvgIpc) is 3.56. The van der Waals surface area contributed by atoms with E-state index in [4.69, 9.17) is 5.73 Å². The van der Waals surface area contributed by atoms with E-state index in [1.165, 1.54) is 39.8 Å². The largest absolute Gasteiger partial charge is 0.478 e. The number of carboxylic acid groups (broad SMARTS) is 1. The maximum Gasteiger partial charge on any atom is 0.335 e. The number of hydrogen-bond donors (Lipinski definition) is 4. The molecule has 3 atom stereocenters. The highest BCUT2D eigenvalue weighted by Gasteiger charge is 2.48. The van der Waals surface area contributed by atoms with E-state index in [9.17, 15) is 14.7 Å². The molecule has 0 spiro atoms. The van der Waals surface area contributed by atoms with Gasteiger partial charge in [0.1, 0.15) is 0 Å². The van der Waals surface area contributed by atoms with Crippen molar-refractivity contribution in [2.24, 2.45) is 11.7 Å². The fourth-order valence-corrected chi connectivity index (χ4v) is 16.4. The molecule has 0 fully saturated rings. The van der Waals surface area contributed by atoms with Crippen LogP contribution in [0.4, 0.5) is 0 Å². The molecule has 0 amide bonds. The number of aromatic nitrogens is 2. The predicted octanol–water partition coefficient (Wildman–Crippen LogP) is 9.17. The third kappa shape index (κ3) is 6.32. The van der Waals surface area contributed by atoms with Gasteiger partial charge in [-0.15, -0.1) is 0 Å². The Morgan fingerprint density at radius 3 is 2.19 bits per heavy atom. The minimum Gasteiger partial charge on any atom is -0.478 e. The molecule has 8 heteroatoms. The molecule has 0 aliphatic heterocycles. The molecule has 2 aromatic carbocycles. The molecule has 260 valence electrons. The summed E-state index contributed by atoms with van der Waals surface area (Å²) in [6.45, 7) is 21.3. The summed E-state index contributed by atoms with van der Waals surface area (Å²) in [6.07, 6.45) is 6.48. The molecule has 0 bridgehead atoms. The van der Waals surface area contributed by atoms with Gasteiger partial charge in [0.2, 0.25) is 0 Å². The number of benzene rings is 2. The monoisotopic (exact) mass is 670 g/mol. The molecule has 5 N–H and O–H groups in total. The van der Waals surface area contributed by atoms with Crippen molar-refractivity contribution < 1.29 is 14.7 Å². The maximum atomic E-state index is 11.7. The van der Waals surface area contributed by atoms with Crippen LogP contribution in [0.1, 0.15) is 131 Å². The molecule has 7 nitrogen and oxygen atoms in total. The van der Waals surface area contributed by atoms with Crippen LogP contribution in [0.25, 0.3) is 21.8 Å². The van der Waals surface area contributed by atoms with E-state index in [1.54, 1.807) is 13.0 Å². The molecular weight excluding hydrogens is 613 g/mol.